The van der Waals surface area contributed by atoms with Crippen LogP contribution in [0.1, 0.15) is 62.4 Å². The number of alkyl halides is 1. The number of piperazine rings is 1. The molecule has 3 fully saturated rings. The zero-order valence-corrected chi connectivity index (χ0v) is 38.6. The normalized spacial score (nSPS) is 18.8. The van der Waals surface area contributed by atoms with E-state index in [9.17, 15) is 29.0 Å². The summed E-state index contributed by atoms with van der Waals surface area (Å²) in [6, 6.07) is 21.2. The van der Waals surface area contributed by atoms with Crippen LogP contribution in [0.2, 0.25) is 0 Å². The summed E-state index contributed by atoms with van der Waals surface area (Å²) in [6.07, 6.45) is -0.0483. The van der Waals surface area contributed by atoms with Gasteiger partial charge in [-0.1, -0.05) is 69.3 Å². The maximum absolute atomic E-state index is 14.7. The number of nitrogens with one attached hydrogen (secondary N) is 2. The van der Waals surface area contributed by atoms with E-state index in [1.165, 1.54) is 21.8 Å². The maximum Gasteiger partial charge on any atom is 0.258 e. The van der Waals surface area contributed by atoms with E-state index in [1.54, 1.807) is 38.4 Å². The van der Waals surface area contributed by atoms with Crippen molar-refractivity contribution >= 4 is 40.6 Å². The molecule has 6 N–H and O–H groups in total. The van der Waals surface area contributed by atoms with Crippen LogP contribution in [-0.2, 0) is 33.9 Å². The molecule has 15 nitrogen and oxygen atoms in total. The molecule has 4 heterocycles. The summed E-state index contributed by atoms with van der Waals surface area (Å²) >= 11 is 1.53. The van der Waals surface area contributed by atoms with Gasteiger partial charge in [0.2, 0.25) is 11.8 Å². The number of nitrogen functional groups attached to an aromatic ring is 1. The van der Waals surface area contributed by atoms with Crippen LogP contribution in [0, 0.1) is 12.3 Å². The second-order valence-electron chi connectivity index (χ2n) is 18.6. The quantitative estimate of drug-likeness (QED) is 0.0896. The van der Waals surface area contributed by atoms with Crippen LogP contribution in [0.3, 0.4) is 0 Å². The molecule has 5 aromatic rings. The van der Waals surface area contributed by atoms with Crippen molar-refractivity contribution in [2.24, 2.45) is 5.41 Å². The molecule has 3 aromatic carbocycles. The lowest BCUT2D eigenvalue weighted by molar-refractivity contribution is -0.145. The highest BCUT2D eigenvalue weighted by Crippen LogP contribution is 2.41. The van der Waals surface area contributed by atoms with Gasteiger partial charge in [0, 0.05) is 69.8 Å². The summed E-state index contributed by atoms with van der Waals surface area (Å²) in [4.78, 5) is 51.9. The number of carbonyl (C=O) groups is 3. The average Bonchev–Trinajstić information content (AvgIpc) is 3.70. The molecule has 3 amide bonds. The van der Waals surface area contributed by atoms with Crippen molar-refractivity contribution in [3.05, 3.63) is 101 Å². The molecule has 0 spiro atoms. The van der Waals surface area contributed by atoms with Crippen molar-refractivity contribution in [2.75, 3.05) is 50.0 Å². The number of aromatic nitrogens is 3. The third-order valence-corrected chi connectivity index (χ3v) is 13.6. The van der Waals surface area contributed by atoms with Crippen LogP contribution >= 0.6 is 11.3 Å². The smallest absolute Gasteiger partial charge is 0.258 e. The first-order valence-corrected chi connectivity index (χ1v) is 23.3. The fourth-order valence-corrected chi connectivity index (χ4v) is 9.34. The summed E-state index contributed by atoms with van der Waals surface area (Å²) in [5.74, 6) is -0.711. The first kappa shape index (κ1) is 46.4. The number of halogens is 1. The minimum atomic E-state index is -1.97. The van der Waals surface area contributed by atoms with Gasteiger partial charge in [0.25, 0.3) is 5.91 Å². The zero-order valence-electron chi connectivity index (χ0n) is 37.8. The fraction of sp³-hybridized carbons (Fsp3) is 0.429. The van der Waals surface area contributed by atoms with E-state index in [-0.39, 0.29) is 38.1 Å². The van der Waals surface area contributed by atoms with Crippen molar-refractivity contribution in [3.63, 3.8) is 0 Å². The predicted molar refractivity (Wildman–Crippen MR) is 251 cm³/mol. The monoisotopic (exact) mass is 919 g/mol. The molecule has 2 saturated heterocycles. The highest BCUT2D eigenvalue weighted by Gasteiger charge is 2.53. The Morgan fingerprint density at radius 2 is 1.73 bits per heavy atom. The Morgan fingerprint density at radius 1 is 1.00 bits per heavy atom. The molecular formula is C49H58FN9O6S. The molecule has 3 atom stereocenters. The summed E-state index contributed by atoms with van der Waals surface area (Å²) in [6.45, 7) is 11.7. The highest BCUT2D eigenvalue weighted by atomic mass is 32.1. The molecule has 3 aliphatic rings. The third kappa shape index (κ3) is 10.6. The molecule has 2 aliphatic heterocycles. The lowest BCUT2D eigenvalue weighted by Gasteiger charge is -2.36. The number of anilines is 2. The van der Waals surface area contributed by atoms with Gasteiger partial charge in [0.1, 0.15) is 23.6 Å². The summed E-state index contributed by atoms with van der Waals surface area (Å²) in [5, 5.41) is 35.0. The number of nitrogens with two attached hydrogens (primary N) is 1. The molecule has 17 heteroatoms. The number of benzene rings is 3. The number of aliphatic hydroxyl groups excluding tert-OH is 1. The van der Waals surface area contributed by atoms with Gasteiger partial charge in [-0.3, -0.25) is 19.3 Å². The minimum Gasteiger partial charge on any atom is -0.507 e. The van der Waals surface area contributed by atoms with Crippen molar-refractivity contribution in [1.82, 2.24) is 35.6 Å². The number of ether oxygens (including phenoxy) is 1. The van der Waals surface area contributed by atoms with Gasteiger partial charge in [0.05, 0.1) is 40.2 Å². The molecule has 8 rings (SSSR count). The lowest BCUT2D eigenvalue weighted by atomic mass is 9.85. The highest BCUT2D eigenvalue weighted by molar-refractivity contribution is 7.13. The Labute approximate surface area is 388 Å². The number of carbonyl (C=O) groups excluding carboxylic acids is 3. The van der Waals surface area contributed by atoms with Gasteiger partial charge in [0.15, 0.2) is 11.5 Å². The van der Waals surface area contributed by atoms with Crippen molar-refractivity contribution in [1.29, 1.82) is 0 Å². The molecular weight excluding hydrogens is 862 g/mol. The average molecular weight is 920 g/mol. The number of aryl methyl sites for hydroxylation is 1. The number of nitrogens with zero attached hydrogens (tertiary/aromatic N) is 6. The molecule has 3 unspecified atom stereocenters. The Bertz CT molecular complexity index is 2560. The fourth-order valence-electron chi connectivity index (χ4n) is 8.53. The molecule has 348 valence electrons. The number of para-hydroxylation sites is 1. The van der Waals surface area contributed by atoms with Crippen LogP contribution in [0.4, 0.5) is 15.9 Å². The van der Waals surface area contributed by atoms with E-state index in [0.717, 1.165) is 65.7 Å². The van der Waals surface area contributed by atoms with Gasteiger partial charge < -0.3 is 41.1 Å². The number of aromatic hydroxyl groups is 1. The second kappa shape index (κ2) is 19.4. The van der Waals surface area contributed by atoms with Crippen molar-refractivity contribution in [3.8, 4) is 33.2 Å². The Balaban J connectivity index is 0.871. The Hall–Kier alpha value is -6.17. The molecule has 0 bridgehead atoms. The van der Waals surface area contributed by atoms with Crippen LogP contribution < -0.4 is 26.0 Å². The number of thiazole rings is 1. The number of amides is 3. The number of phenolic OH excluding ortho intramolecular Hbond substituents is 1. The van der Waals surface area contributed by atoms with Gasteiger partial charge in [-0.25, -0.2) is 9.37 Å². The van der Waals surface area contributed by atoms with Crippen LogP contribution in [0.5, 0.6) is 11.5 Å². The summed E-state index contributed by atoms with van der Waals surface area (Å²) in [5.41, 5.74) is 12.2. The molecule has 1 aliphatic carbocycles. The van der Waals surface area contributed by atoms with E-state index in [1.807, 2.05) is 43.3 Å². The van der Waals surface area contributed by atoms with Gasteiger partial charge >= 0.3 is 0 Å². The summed E-state index contributed by atoms with van der Waals surface area (Å²) in [7, 11) is 0. The summed E-state index contributed by atoms with van der Waals surface area (Å²) < 4.78 is 21.1. The maximum atomic E-state index is 14.7. The number of phenols is 1. The number of aliphatic hydroxyl groups is 1. The molecule has 2 aromatic heterocycles. The van der Waals surface area contributed by atoms with Crippen molar-refractivity contribution in [2.45, 2.75) is 90.3 Å². The third-order valence-electron chi connectivity index (χ3n) is 12.6. The Kier molecular flexibility index (Phi) is 13.6. The SMILES string of the molecule is Cc1ncsc1-c1ccc(CNC(=O)C2CC(O)CN2C(=O)C(NC(=O)C2(F)CC2)C(C)(C)C)c(OCCc2ccc(CN3CCN(c4cc(-c5ccccc5O)nnc4N)CC3)cc2)c1. The van der Waals surface area contributed by atoms with Gasteiger partial charge in [-0.15, -0.1) is 21.5 Å². The van der Waals surface area contributed by atoms with E-state index < -0.39 is 47.0 Å². The van der Waals surface area contributed by atoms with E-state index in [0.29, 0.717) is 35.9 Å². The number of hydrogen-bond acceptors (Lipinski definition) is 13. The number of rotatable bonds is 15. The van der Waals surface area contributed by atoms with Gasteiger partial charge in [-0.2, -0.15) is 0 Å². The van der Waals surface area contributed by atoms with Crippen molar-refractivity contribution < 1.29 is 33.7 Å². The predicted octanol–water partition coefficient (Wildman–Crippen LogP) is 5.42. The first-order valence-electron chi connectivity index (χ1n) is 22.5. The van der Waals surface area contributed by atoms with Crippen LogP contribution in [0.25, 0.3) is 21.7 Å². The number of β-amino-alcohol motifs (C(OH)–C–C–N with tert-alkyl or cyclic N) is 1. The zero-order chi connectivity index (χ0) is 46.8. The van der Waals surface area contributed by atoms with Crippen LogP contribution in [-0.4, -0.2) is 116 Å². The first-order chi connectivity index (χ1) is 31.6. The van der Waals surface area contributed by atoms with Gasteiger partial charge in [-0.05, 0) is 66.1 Å². The largest absolute Gasteiger partial charge is 0.507 e. The Morgan fingerprint density at radius 3 is 2.41 bits per heavy atom. The molecule has 0 radical (unpaired) electrons. The second-order valence-corrected chi connectivity index (χ2v) is 19.5. The lowest BCUT2D eigenvalue weighted by Crippen LogP contribution is -2.59. The minimum absolute atomic E-state index is 0.0290. The number of hydrogen-bond donors (Lipinski definition) is 5. The van der Waals surface area contributed by atoms with E-state index in [4.69, 9.17) is 10.5 Å². The topological polar surface area (TPSA) is 199 Å². The molecule has 66 heavy (non-hydrogen) atoms. The standard InChI is InChI=1S/C49H58FN9O6S/c1-30-42(66-29-53-30)33-13-14-34(26-52-45(62)39-24-35(60)28-59(39)46(63)43(48(2,3)4)54-47(64)49(50)16-17-49)41(23-33)65-22-15-31-9-11-32(12-10-31)27-57-18-20-58(21-19-57)38-25-37(55-56-44(38)51)36-7-5-6-8-40(36)61/h5-14,23,25,29,35,39,43,60-61H,15-22,24,26-28H2,1-4H3,(H2,51,56)(H,52,62)(H,54,64). The molecule has 1 saturated carbocycles. The van der Waals surface area contributed by atoms with E-state index >= 15 is 0 Å². The number of likely N-dealkylation sites (tertiary alicyclic amines) is 1. The van der Waals surface area contributed by atoms with Crippen LogP contribution in [0.15, 0.2) is 78.3 Å². The van der Waals surface area contributed by atoms with E-state index in [2.05, 4.69) is 59.9 Å².